The van der Waals surface area contributed by atoms with E-state index in [2.05, 4.69) is 9.68 Å². The third-order valence-electron chi connectivity index (χ3n) is 1.75. The summed E-state index contributed by atoms with van der Waals surface area (Å²) in [6.45, 7) is 3.14. The Morgan fingerprint density at radius 3 is 2.80 bits per heavy atom. The van der Waals surface area contributed by atoms with Crippen LogP contribution < -0.4 is 0 Å². The van der Waals surface area contributed by atoms with Crippen LogP contribution in [0.15, 0.2) is 16.9 Å². The van der Waals surface area contributed by atoms with E-state index >= 15 is 0 Å². The van der Waals surface area contributed by atoms with Gasteiger partial charge in [0.05, 0.1) is 19.8 Å². The molecule has 1 rings (SSSR count). The van der Waals surface area contributed by atoms with E-state index < -0.39 is 0 Å². The van der Waals surface area contributed by atoms with Gasteiger partial charge < -0.3 is 18.7 Å². The molecule has 5 heteroatoms. The number of methoxy groups -OCH3 is 1. The van der Waals surface area contributed by atoms with E-state index in [-0.39, 0.29) is 0 Å². The molecule has 86 valence electrons. The molecule has 0 radical (unpaired) electrons. The van der Waals surface area contributed by atoms with E-state index in [0.717, 1.165) is 12.1 Å². The van der Waals surface area contributed by atoms with Crippen LogP contribution in [0.1, 0.15) is 12.1 Å². The van der Waals surface area contributed by atoms with Gasteiger partial charge in [0.25, 0.3) is 0 Å². The molecule has 0 bridgehead atoms. The van der Waals surface area contributed by atoms with Gasteiger partial charge in [0.1, 0.15) is 12.0 Å². The molecule has 0 saturated heterocycles. The van der Waals surface area contributed by atoms with Crippen molar-refractivity contribution in [3.05, 3.63) is 18.0 Å². The second-order valence-corrected chi connectivity index (χ2v) is 3.00. The molecular formula is C10H17NO4. The van der Waals surface area contributed by atoms with E-state index in [1.54, 1.807) is 13.2 Å². The summed E-state index contributed by atoms with van der Waals surface area (Å²) in [6, 6.07) is 1.79. The third-order valence-corrected chi connectivity index (χ3v) is 1.75. The summed E-state index contributed by atoms with van der Waals surface area (Å²) in [5.41, 5.74) is 0.815. The topological polar surface area (TPSA) is 53.7 Å². The summed E-state index contributed by atoms with van der Waals surface area (Å²) in [7, 11) is 1.66. The fraction of sp³-hybridized carbons (Fsp3) is 0.700. The molecule has 0 aromatic carbocycles. The van der Waals surface area contributed by atoms with E-state index in [0.29, 0.717) is 33.0 Å². The SMILES string of the molecule is COCCOCCCOCc1ccon1. The summed E-state index contributed by atoms with van der Waals surface area (Å²) in [4.78, 5) is 0. The van der Waals surface area contributed by atoms with Crippen molar-refractivity contribution in [3.8, 4) is 0 Å². The van der Waals surface area contributed by atoms with Gasteiger partial charge in [-0.25, -0.2) is 0 Å². The zero-order valence-electron chi connectivity index (χ0n) is 8.98. The minimum Gasteiger partial charge on any atom is -0.382 e. The molecule has 1 heterocycles. The highest BCUT2D eigenvalue weighted by atomic mass is 16.5. The third kappa shape index (κ3) is 6.22. The summed E-state index contributed by atoms with van der Waals surface area (Å²) in [5.74, 6) is 0. The standard InChI is InChI=1S/C10H17NO4/c1-12-7-8-13-4-2-5-14-9-10-3-6-15-11-10/h3,6H,2,4-5,7-9H2,1H3. The van der Waals surface area contributed by atoms with Crippen molar-refractivity contribution in [2.45, 2.75) is 13.0 Å². The van der Waals surface area contributed by atoms with Crippen molar-refractivity contribution < 1.29 is 18.7 Å². The van der Waals surface area contributed by atoms with Gasteiger partial charge in [-0.05, 0) is 6.42 Å². The predicted octanol–water partition coefficient (Wildman–Crippen LogP) is 1.24. The van der Waals surface area contributed by atoms with Crippen LogP contribution in [0.4, 0.5) is 0 Å². The number of rotatable bonds is 9. The van der Waals surface area contributed by atoms with Crippen molar-refractivity contribution in [3.63, 3.8) is 0 Å². The van der Waals surface area contributed by atoms with Gasteiger partial charge in [-0.15, -0.1) is 0 Å². The number of nitrogens with zero attached hydrogens (tertiary/aromatic N) is 1. The predicted molar refractivity (Wildman–Crippen MR) is 53.5 cm³/mol. The second kappa shape index (κ2) is 8.40. The zero-order chi connectivity index (χ0) is 10.8. The van der Waals surface area contributed by atoms with Crippen LogP contribution in [0.25, 0.3) is 0 Å². The molecule has 0 aliphatic carbocycles. The minimum absolute atomic E-state index is 0.495. The number of ether oxygens (including phenoxy) is 3. The van der Waals surface area contributed by atoms with Gasteiger partial charge >= 0.3 is 0 Å². The maximum Gasteiger partial charge on any atom is 0.124 e. The van der Waals surface area contributed by atoms with Gasteiger partial charge in [-0.2, -0.15) is 0 Å². The molecule has 0 aliphatic rings. The van der Waals surface area contributed by atoms with Crippen molar-refractivity contribution in [1.29, 1.82) is 0 Å². The first kappa shape index (κ1) is 12.2. The Bertz CT molecular complexity index is 225. The quantitative estimate of drug-likeness (QED) is 0.580. The lowest BCUT2D eigenvalue weighted by Gasteiger charge is -2.03. The number of hydrogen-bond donors (Lipinski definition) is 0. The lowest BCUT2D eigenvalue weighted by molar-refractivity contribution is 0.0474. The first-order chi connectivity index (χ1) is 7.43. The maximum atomic E-state index is 5.35. The van der Waals surface area contributed by atoms with Crippen LogP contribution in [-0.4, -0.2) is 38.7 Å². The fourth-order valence-electron chi connectivity index (χ4n) is 0.996. The Morgan fingerprint density at radius 2 is 2.07 bits per heavy atom. The van der Waals surface area contributed by atoms with Crippen molar-refractivity contribution in [2.75, 3.05) is 33.5 Å². The molecule has 15 heavy (non-hydrogen) atoms. The van der Waals surface area contributed by atoms with E-state index in [4.69, 9.17) is 14.2 Å². The van der Waals surface area contributed by atoms with E-state index in [9.17, 15) is 0 Å². The van der Waals surface area contributed by atoms with Gasteiger partial charge in [0.2, 0.25) is 0 Å². The first-order valence-electron chi connectivity index (χ1n) is 4.97. The van der Waals surface area contributed by atoms with E-state index in [1.807, 2.05) is 0 Å². The highest BCUT2D eigenvalue weighted by Crippen LogP contribution is 1.97. The molecule has 0 atom stereocenters. The van der Waals surface area contributed by atoms with Crippen LogP contribution in [0.2, 0.25) is 0 Å². The summed E-state index contributed by atoms with van der Waals surface area (Å²) in [5, 5.41) is 3.73. The van der Waals surface area contributed by atoms with E-state index in [1.165, 1.54) is 6.26 Å². The van der Waals surface area contributed by atoms with Crippen LogP contribution >= 0.6 is 0 Å². The molecule has 1 aromatic rings. The van der Waals surface area contributed by atoms with Crippen molar-refractivity contribution >= 4 is 0 Å². The van der Waals surface area contributed by atoms with Gasteiger partial charge in [0.15, 0.2) is 0 Å². The average Bonchev–Trinajstić information content (AvgIpc) is 2.75. The summed E-state index contributed by atoms with van der Waals surface area (Å²) >= 11 is 0. The second-order valence-electron chi connectivity index (χ2n) is 3.00. The Balaban J connectivity index is 1.81. The average molecular weight is 215 g/mol. The molecule has 0 saturated carbocycles. The number of hydrogen-bond acceptors (Lipinski definition) is 5. The smallest absolute Gasteiger partial charge is 0.124 e. The zero-order valence-corrected chi connectivity index (χ0v) is 8.98. The van der Waals surface area contributed by atoms with Crippen molar-refractivity contribution in [2.24, 2.45) is 0 Å². The minimum atomic E-state index is 0.495. The van der Waals surface area contributed by atoms with Crippen LogP contribution in [-0.2, 0) is 20.8 Å². The maximum absolute atomic E-state index is 5.35. The highest BCUT2D eigenvalue weighted by molar-refractivity contribution is 4.92. The molecular weight excluding hydrogens is 198 g/mol. The lowest BCUT2D eigenvalue weighted by atomic mass is 10.4. The Labute approximate surface area is 89.3 Å². The molecule has 0 fully saturated rings. The van der Waals surface area contributed by atoms with Crippen LogP contribution in [0.5, 0.6) is 0 Å². The monoisotopic (exact) mass is 215 g/mol. The molecule has 0 N–H and O–H groups in total. The first-order valence-corrected chi connectivity index (χ1v) is 4.97. The molecule has 5 nitrogen and oxygen atoms in total. The molecule has 0 unspecified atom stereocenters. The largest absolute Gasteiger partial charge is 0.382 e. The Kier molecular flexibility index (Phi) is 6.81. The molecule has 0 spiro atoms. The van der Waals surface area contributed by atoms with Crippen molar-refractivity contribution in [1.82, 2.24) is 5.16 Å². The highest BCUT2D eigenvalue weighted by Gasteiger charge is 1.96. The Morgan fingerprint density at radius 1 is 1.20 bits per heavy atom. The molecule has 0 aliphatic heterocycles. The number of aromatic nitrogens is 1. The molecule has 1 aromatic heterocycles. The molecule has 0 amide bonds. The van der Waals surface area contributed by atoms with Crippen LogP contribution in [0, 0.1) is 0 Å². The Hall–Kier alpha value is -0.910. The lowest BCUT2D eigenvalue weighted by Crippen LogP contribution is -2.05. The van der Waals surface area contributed by atoms with Gasteiger partial charge in [0, 0.05) is 26.4 Å². The van der Waals surface area contributed by atoms with Gasteiger partial charge in [-0.1, -0.05) is 5.16 Å². The summed E-state index contributed by atoms with van der Waals surface area (Å²) in [6.07, 6.45) is 2.41. The fourth-order valence-corrected chi connectivity index (χ4v) is 0.996. The van der Waals surface area contributed by atoms with Crippen LogP contribution in [0.3, 0.4) is 0 Å². The normalized spacial score (nSPS) is 10.7. The van der Waals surface area contributed by atoms with Gasteiger partial charge in [-0.3, -0.25) is 0 Å². The summed E-state index contributed by atoms with van der Waals surface area (Å²) < 4.78 is 20.1.